The largest absolute Gasteiger partial charge is 0.459 e. The normalized spacial score (nSPS) is 11.0. The van der Waals surface area contributed by atoms with Gasteiger partial charge in [0.15, 0.2) is 11.7 Å². The molecule has 0 atom stereocenters. The Balaban J connectivity index is 1.95. The zero-order chi connectivity index (χ0) is 15.5. The van der Waals surface area contributed by atoms with E-state index >= 15 is 0 Å². The van der Waals surface area contributed by atoms with Crippen LogP contribution in [0.4, 0.5) is 5.69 Å². The fraction of sp³-hybridized carbons (Fsp3) is 0.250. The highest BCUT2D eigenvalue weighted by Crippen LogP contribution is 2.23. The van der Waals surface area contributed by atoms with Crippen LogP contribution in [0.3, 0.4) is 0 Å². The van der Waals surface area contributed by atoms with E-state index in [4.69, 9.17) is 9.83 Å². The Bertz CT molecular complexity index is 623. The molecule has 2 rings (SSSR count). The first-order valence-electron chi connectivity index (χ1n) is 6.67. The molecule has 1 heterocycles. The van der Waals surface area contributed by atoms with E-state index in [1.807, 2.05) is 24.3 Å². The maximum atomic E-state index is 11.7. The number of amides is 1. The molecule has 5 nitrogen and oxygen atoms in total. The summed E-state index contributed by atoms with van der Waals surface area (Å²) in [5.41, 5.74) is 2.03. The van der Waals surface area contributed by atoms with Crippen LogP contribution in [-0.4, -0.2) is 11.9 Å². The lowest BCUT2D eigenvalue weighted by molar-refractivity contribution is 0.0949. The number of carbonyl (C=O) groups excluding carboxylic acids is 1. The number of hydrogen-bond acceptors (Lipinski definition) is 3. The van der Waals surface area contributed by atoms with Gasteiger partial charge in [-0.1, -0.05) is 32.9 Å². The van der Waals surface area contributed by atoms with Crippen molar-refractivity contribution >= 4 is 17.6 Å². The summed E-state index contributed by atoms with van der Waals surface area (Å²) in [6.45, 7) is 6.42. The van der Waals surface area contributed by atoms with E-state index in [9.17, 15) is 4.79 Å². The molecular weight excluding hydrogens is 266 g/mol. The van der Waals surface area contributed by atoms with Crippen LogP contribution in [0.25, 0.3) is 0 Å². The van der Waals surface area contributed by atoms with Crippen LogP contribution in [0.5, 0.6) is 0 Å². The van der Waals surface area contributed by atoms with Gasteiger partial charge in [0.05, 0.1) is 6.26 Å². The lowest BCUT2D eigenvalue weighted by Crippen LogP contribution is -2.34. The second-order valence-corrected chi connectivity index (χ2v) is 5.76. The Morgan fingerprint density at radius 3 is 2.33 bits per heavy atom. The van der Waals surface area contributed by atoms with E-state index in [2.05, 4.69) is 31.4 Å². The monoisotopic (exact) mass is 285 g/mol. The molecule has 0 unspecified atom stereocenters. The van der Waals surface area contributed by atoms with Gasteiger partial charge in [0, 0.05) is 5.69 Å². The van der Waals surface area contributed by atoms with Crippen molar-refractivity contribution in [2.24, 2.45) is 0 Å². The van der Waals surface area contributed by atoms with Gasteiger partial charge < -0.3 is 9.73 Å². The van der Waals surface area contributed by atoms with Gasteiger partial charge in [-0.2, -0.15) is 0 Å². The predicted octanol–water partition coefficient (Wildman–Crippen LogP) is 3.35. The highest BCUT2D eigenvalue weighted by atomic mass is 16.3. The number of benzene rings is 1. The van der Waals surface area contributed by atoms with Crippen molar-refractivity contribution in [2.75, 3.05) is 5.32 Å². The molecule has 0 radical (unpaired) electrons. The number of nitrogens with one attached hydrogen (secondary N) is 3. The molecule has 0 spiro atoms. The third-order valence-corrected chi connectivity index (χ3v) is 3.00. The Morgan fingerprint density at radius 2 is 1.81 bits per heavy atom. The Morgan fingerprint density at radius 1 is 1.14 bits per heavy atom. The third-order valence-electron chi connectivity index (χ3n) is 3.00. The Hall–Kier alpha value is -2.56. The van der Waals surface area contributed by atoms with Crippen LogP contribution in [0.15, 0.2) is 47.1 Å². The number of carbonyl (C=O) groups is 1. The molecule has 1 aromatic carbocycles. The SMILES string of the molecule is CC(C)(C)c1ccc(NC(=N)NC(=O)c2ccco2)cc1. The van der Waals surface area contributed by atoms with Crippen LogP contribution in [0.2, 0.25) is 0 Å². The maximum Gasteiger partial charge on any atom is 0.293 e. The van der Waals surface area contributed by atoms with Crippen LogP contribution >= 0.6 is 0 Å². The summed E-state index contributed by atoms with van der Waals surface area (Å²) in [6, 6.07) is 10.9. The lowest BCUT2D eigenvalue weighted by atomic mass is 9.87. The fourth-order valence-corrected chi connectivity index (χ4v) is 1.81. The molecule has 0 saturated heterocycles. The van der Waals surface area contributed by atoms with Crippen LogP contribution in [0.1, 0.15) is 36.9 Å². The van der Waals surface area contributed by atoms with Crippen LogP contribution in [-0.2, 0) is 5.41 Å². The summed E-state index contributed by atoms with van der Waals surface area (Å²) < 4.78 is 4.96. The predicted molar refractivity (Wildman–Crippen MR) is 82.7 cm³/mol. The number of furan rings is 1. The lowest BCUT2D eigenvalue weighted by Gasteiger charge is -2.19. The number of rotatable bonds is 2. The molecule has 110 valence electrons. The van der Waals surface area contributed by atoms with Crippen molar-refractivity contribution in [1.82, 2.24) is 5.32 Å². The molecule has 21 heavy (non-hydrogen) atoms. The second-order valence-electron chi connectivity index (χ2n) is 5.76. The topological polar surface area (TPSA) is 78.1 Å². The van der Waals surface area contributed by atoms with Gasteiger partial charge in [-0.15, -0.1) is 0 Å². The van der Waals surface area contributed by atoms with Crippen molar-refractivity contribution in [3.8, 4) is 0 Å². The number of hydrogen-bond donors (Lipinski definition) is 3. The molecule has 0 aliphatic heterocycles. The molecule has 0 aliphatic rings. The average molecular weight is 285 g/mol. The first-order chi connectivity index (χ1) is 9.86. The smallest absolute Gasteiger partial charge is 0.293 e. The summed E-state index contributed by atoms with van der Waals surface area (Å²) in [7, 11) is 0. The molecular formula is C16H19N3O2. The number of anilines is 1. The quantitative estimate of drug-likeness (QED) is 0.585. The minimum atomic E-state index is -0.455. The van der Waals surface area contributed by atoms with Gasteiger partial charge in [0.25, 0.3) is 5.91 Å². The molecule has 0 fully saturated rings. The average Bonchev–Trinajstić information content (AvgIpc) is 2.92. The van der Waals surface area contributed by atoms with Gasteiger partial charge in [0.1, 0.15) is 0 Å². The first kappa shape index (κ1) is 14.8. The molecule has 0 saturated carbocycles. The van der Waals surface area contributed by atoms with Gasteiger partial charge in [0.2, 0.25) is 0 Å². The highest BCUT2D eigenvalue weighted by Gasteiger charge is 2.13. The number of guanidine groups is 1. The standard InChI is InChI=1S/C16H19N3O2/c1-16(2,3)11-6-8-12(9-7-11)18-15(17)19-14(20)13-5-4-10-21-13/h4-10H,1-3H3,(H3,17,18,19,20). The van der Waals surface area contributed by atoms with Crippen LogP contribution in [0, 0.1) is 5.41 Å². The van der Waals surface area contributed by atoms with Gasteiger partial charge >= 0.3 is 0 Å². The molecule has 1 amide bonds. The zero-order valence-electron chi connectivity index (χ0n) is 12.4. The van der Waals surface area contributed by atoms with E-state index in [1.54, 1.807) is 12.1 Å². The summed E-state index contributed by atoms with van der Waals surface area (Å²) in [5, 5.41) is 13.0. The van der Waals surface area contributed by atoms with E-state index in [-0.39, 0.29) is 17.1 Å². The minimum absolute atomic E-state index is 0.0829. The molecule has 5 heteroatoms. The molecule has 0 aliphatic carbocycles. The van der Waals surface area contributed by atoms with Gasteiger partial charge in [-0.3, -0.25) is 15.5 Å². The Labute approximate surface area is 123 Å². The molecule has 2 aromatic rings. The van der Waals surface area contributed by atoms with Crippen molar-refractivity contribution in [1.29, 1.82) is 5.41 Å². The fourth-order valence-electron chi connectivity index (χ4n) is 1.81. The van der Waals surface area contributed by atoms with E-state index in [0.717, 1.165) is 5.69 Å². The first-order valence-corrected chi connectivity index (χ1v) is 6.67. The molecule has 3 N–H and O–H groups in total. The van der Waals surface area contributed by atoms with Crippen molar-refractivity contribution in [3.05, 3.63) is 54.0 Å². The Kier molecular flexibility index (Phi) is 4.12. The molecule has 0 bridgehead atoms. The maximum absolute atomic E-state index is 11.7. The summed E-state index contributed by atoms with van der Waals surface area (Å²) >= 11 is 0. The van der Waals surface area contributed by atoms with Gasteiger partial charge in [-0.25, -0.2) is 0 Å². The van der Waals surface area contributed by atoms with Crippen LogP contribution < -0.4 is 10.6 Å². The van der Waals surface area contributed by atoms with E-state index in [0.29, 0.717) is 0 Å². The van der Waals surface area contributed by atoms with Crippen molar-refractivity contribution < 1.29 is 9.21 Å². The van der Waals surface area contributed by atoms with E-state index in [1.165, 1.54) is 11.8 Å². The molecule has 1 aromatic heterocycles. The second kappa shape index (κ2) is 5.83. The minimum Gasteiger partial charge on any atom is -0.459 e. The van der Waals surface area contributed by atoms with Crippen molar-refractivity contribution in [3.63, 3.8) is 0 Å². The summed E-state index contributed by atoms with van der Waals surface area (Å²) in [6.07, 6.45) is 1.41. The zero-order valence-corrected chi connectivity index (χ0v) is 12.4. The van der Waals surface area contributed by atoms with Crippen molar-refractivity contribution in [2.45, 2.75) is 26.2 Å². The summed E-state index contributed by atoms with van der Waals surface area (Å²) in [5.74, 6) is -0.381. The third kappa shape index (κ3) is 3.95. The summed E-state index contributed by atoms with van der Waals surface area (Å²) in [4.78, 5) is 11.7. The van der Waals surface area contributed by atoms with E-state index < -0.39 is 5.91 Å². The highest BCUT2D eigenvalue weighted by molar-refractivity contribution is 6.07. The van der Waals surface area contributed by atoms with Gasteiger partial charge in [-0.05, 0) is 35.2 Å².